The van der Waals surface area contributed by atoms with Crippen LogP contribution in [0.4, 0.5) is 0 Å². The molecule has 124 valence electrons. The third kappa shape index (κ3) is 5.10. The number of likely N-dealkylation sites (N-methyl/N-ethyl adjacent to an activating group) is 1. The number of amides is 1. The Morgan fingerprint density at radius 2 is 2.23 bits per heavy atom. The number of carbonyl (C=O) groups excluding carboxylic acids is 1. The highest BCUT2D eigenvalue weighted by atomic mass is 16.2. The van der Waals surface area contributed by atoms with Crippen molar-refractivity contribution in [1.29, 1.82) is 0 Å². The zero-order valence-electron chi connectivity index (χ0n) is 14.2. The molecule has 1 saturated heterocycles. The van der Waals surface area contributed by atoms with Crippen molar-refractivity contribution in [3.63, 3.8) is 0 Å². The first-order chi connectivity index (χ1) is 10.4. The van der Waals surface area contributed by atoms with Crippen molar-refractivity contribution in [2.24, 2.45) is 0 Å². The number of hydrogen-bond acceptors (Lipinski definition) is 4. The van der Waals surface area contributed by atoms with Crippen molar-refractivity contribution < 1.29 is 4.79 Å². The van der Waals surface area contributed by atoms with Gasteiger partial charge in [0.2, 0.25) is 5.91 Å². The molecule has 1 aliphatic rings. The van der Waals surface area contributed by atoms with Crippen molar-refractivity contribution in [2.45, 2.75) is 45.2 Å². The lowest BCUT2D eigenvalue weighted by molar-refractivity contribution is -0.123. The van der Waals surface area contributed by atoms with Gasteiger partial charge in [-0.3, -0.25) is 14.8 Å². The summed E-state index contributed by atoms with van der Waals surface area (Å²) in [5.41, 5.74) is 2.05. The fourth-order valence-corrected chi connectivity index (χ4v) is 3.06. The van der Waals surface area contributed by atoms with Gasteiger partial charge in [0, 0.05) is 24.2 Å². The van der Waals surface area contributed by atoms with E-state index in [9.17, 15) is 4.79 Å². The second kappa shape index (κ2) is 7.74. The first-order valence-corrected chi connectivity index (χ1v) is 8.13. The summed E-state index contributed by atoms with van der Waals surface area (Å²) in [4.78, 5) is 16.7. The average Bonchev–Trinajstić information content (AvgIpc) is 2.84. The smallest absolute Gasteiger partial charge is 0.234 e. The summed E-state index contributed by atoms with van der Waals surface area (Å²) < 4.78 is 0. The third-order valence-corrected chi connectivity index (χ3v) is 4.39. The molecule has 1 unspecified atom stereocenters. The monoisotopic (exact) mass is 307 g/mol. The van der Waals surface area contributed by atoms with Gasteiger partial charge in [-0.15, -0.1) is 0 Å². The molecule has 2 heterocycles. The van der Waals surface area contributed by atoms with E-state index >= 15 is 0 Å². The van der Waals surface area contributed by atoms with Gasteiger partial charge in [0.25, 0.3) is 0 Å². The fraction of sp³-hybridized carbons (Fsp3) is 0.750. The molecule has 1 amide bonds. The second-order valence-corrected chi connectivity index (χ2v) is 6.66. The number of hydrogen-bond donors (Lipinski definition) is 2. The van der Waals surface area contributed by atoms with Crippen LogP contribution in [0.25, 0.3) is 0 Å². The van der Waals surface area contributed by atoms with Crippen LogP contribution in [0.15, 0.2) is 6.07 Å². The molecule has 1 aliphatic heterocycles. The van der Waals surface area contributed by atoms with Gasteiger partial charge in [-0.2, -0.15) is 5.10 Å². The molecule has 1 fully saturated rings. The van der Waals surface area contributed by atoms with Crippen LogP contribution in [-0.2, 0) is 11.2 Å². The molecule has 1 aromatic heterocycles. The molecule has 0 spiro atoms. The Balaban J connectivity index is 1.72. The molecule has 6 heteroatoms. The summed E-state index contributed by atoms with van der Waals surface area (Å²) in [6.45, 7) is 6.71. The molecule has 0 aliphatic carbocycles. The molecule has 6 nitrogen and oxygen atoms in total. The van der Waals surface area contributed by atoms with E-state index in [1.165, 1.54) is 0 Å². The zero-order chi connectivity index (χ0) is 16.1. The van der Waals surface area contributed by atoms with Crippen LogP contribution >= 0.6 is 0 Å². The first-order valence-electron chi connectivity index (χ1n) is 8.13. The number of H-pyrrole nitrogens is 1. The number of likely N-dealkylation sites (tertiary alicyclic amines) is 1. The molecule has 2 rings (SSSR count). The topological polar surface area (TPSA) is 64.3 Å². The lowest BCUT2D eigenvalue weighted by atomic mass is 10.0. The summed E-state index contributed by atoms with van der Waals surface area (Å²) in [6, 6.07) is 2.64. The summed E-state index contributed by atoms with van der Waals surface area (Å²) in [5.74, 6) is 0.0983. The molecule has 0 saturated carbocycles. The molecule has 0 radical (unpaired) electrons. The number of rotatable bonds is 6. The molecule has 1 atom stereocenters. The minimum atomic E-state index is 0.0982. The zero-order valence-corrected chi connectivity index (χ0v) is 14.2. The van der Waals surface area contributed by atoms with Gasteiger partial charge in [-0.25, -0.2) is 0 Å². The number of aryl methyl sites for hydroxylation is 1. The van der Waals surface area contributed by atoms with E-state index in [-0.39, 0.29) is 11.9 Å². The quantitative estimate of drug-likeness (QED) is 0.816. The predicted molar refractivity (Wildman–Crippen MR) is 87.8 cm³/mol. The number of aromatic nitrogens is 2. The molecular weight excluding hydrogens is 278 g/mol. The van der Waals surface area contributed by atoms with Crippen LogP contribution in [-0.4, -0.2) is 71.7 Å². The highest BCUT2D eigenvalue weighted by Gasteiger charge is 2.22. The first kappa shape index (κ1) is 17.0. The molecule has 2 N–H and O–H groups in total. The van der Waals surface area contributed by atoms with Crippen LogP contribution in [0.2, 0.25) is 0 Å². The van der Waals surface area contributed by atoms with Crippen molar-refractivity contribution in [3.05, 3.63) is 17.5 Å². The summed E-state index contributed by atoms with van der Waals surface area (Å²) in [7, 11) is 4.21. The van der Waals surface area contributed by atoms with Crippen molar-refractivity contribution in [3.8, 4) is 0 Å². The van der Waals surface area contributed by atoms with E-state index in [0.29, 0.717) is 12.6 Å². The van der Waals surface area contributed by atoms with E-state index in [2.05, 4.69) is 39.4 Å². The highest BCUT2D eigenvalue weighted by Crippen LogP contribution is 2.13. The Kier molecular flexibility index (Phi) is 5.97. The Hall–Kier alpha value is -1.40. The number of aromatic amines is 1. The van der Waals surface area contributed by atoms with Gasteiger partial charge < -0.3 is 10.2 Å². The van der Waals surface area contributed by atoms with Crippen LogP contribution in [0.1, 0.15) is 31.2 Å². The van der Waals surface area contributed by atoms with E-state index < -0.39 is 0 Å². The molecule has 0 aromatic carbocycles. The Bertz CT molecular complexity index is 479. The fourth-order valence-electron chi connectivity index (χ4n) is 3.06. The normalized spacial score (nSPS) is 18.6. The Morgan fingerprint density at radius 3 is 2.82 bits per heavy atom. The van der Waals surface area contributed by atoms with Gasteiger partial charge in [0.1, 0.15) is 0 Å². The minimum Gasteiger partial charge on any atom is -0.352 e. The number of piperidine rings is 1. The van der Waals surface area contributed by atoms with Gasteiger partial charge in [-0.1, -0.05) is 0 Å². The number of nitrogens with one attached hydrogen (secondary N) is 2. The maximum atomic E-state index is 12.2. The maximum absolute atomic E-state index is 12.2. The average molecular weight is 307 g/mol. The summed E-state index contributed by atoms with van der Waals surface area (Å²) >= 11 is 0. The van der Waals surface area contributed by atoms with Crippen LogP contribution in [0.5, 0.6) is 0 Å². The van der Waals surface area contributed by atoms with E-state index in [1.807, 2.05) is 19.9 Å². The standard InChI is InChI=1S/C16H29N5O/c1-12(9-14-10-13(2)18-19-14)17-16(22)11-21(4)15-5-7-20(3)8-6-15/h10,12,15H,5-9,11H2,1-4H3,(H,17,22)(H,18,19). The van der Waals surface area contributed by atoms with E-state index in [1.54, 1.807) is 0 Å². The molecule has 1 aromatic rings. The van der Waals surface area contributed by atoms with Crippen molar-refractivity contribution >= 4 is 5.91 Å². The van der Waals surface area contributed by atoms with Gasteiger partial charge in [0.15, 0.2) is 0 Å². The highest BCUT2D eigenvalue weighted by molar-refractivity contribution is 5.78. The lowest BCUT2D eigenvalue weighted by Crippen LogP contribution is -2.47. The van der Waals surface area contributed by atoms with Gasteiger partial charge >= 0.3 is 0 Å². The SMILES string of the molecule is Cc1cc(CC(C)NC(=O)CN(C)C2CCN(C)CC2)n[nH]1. The van der Waals surface area contributed by atoms with Crippen LogP contribution in [0, 0.1) is 6.92 Å². The van der Waals surface area contributed by atoms with Gasteiger partial charge in [0.05, 0.1) is 12.2 Å². The van der Waals surface area contributed by atoms with E-state index in [0.717, 1.165) is 43.7 Å². The number of nitrogens with zero attached hydrogens (tertiary/aromatic N) is 3. The van der Waals surface area contributed by atoms with Crippen molar-refractivity contribution in [2.75, 3.05) is 33.7 Å². The van der Waals surface area contributed by atoms with Gasteiger partial charge in [-0.05, 0) is 59.9 Å². The summed E-state index contributed by atoms with van der Waals surface area (Å²) in [6.07, 6.45) is 3.04. The predicted octanol–water partition coefficient (Wildman–Crippen LogP) is 0.791. The van der Waals surface area contributed by atoms with Crippen LogP contribution in [0.3, 0.4) is 0 Å². The lowest BCUT2D eigenvalue weighted by Gasteiger charge is -2.34. The number of carbonyl (C=O) groups is 1. The second-order valence-electron chi connectivity index (χ2n) is 6.66. The largest absolute Gasteiger partial charge is 0.352 e. The molecule has 0 bridgehead atoms. The minimum absolute atomic E-state index is 0.0982. The summed E-state index contributed by atoms with van der Waals surface area (Å²) in [5, 5.41) is 10.2. The molecule has 22 heavy (non-hydrogen) atoms. The van der Waals surface area contributed by atoms with E-state index in [4.69, 9.17) is 0 Å². The Morgan fingerprint density at radius 1 is 1.55 bits per heavy atom. The molecular formula is C16H29N5O. The Labute approximate surface area is 133 Å². The third-order valence-electron chi connectivity index (χ3n) is 4.39. The van der Waals surface area contributed by atoms with Crippen LogP contribution < -0.4 is 5.32 Å². The van der Waals surface area contributed by atoms with Crippen molar-refractivity contribution in [1.82, 2.24) is 25.3 Å². The maximum Gasteiger partial charge on any atom is 0.234 e.